The monoisotopic (exact) mass is 536 g/mol. The number of rotatable bonds is 8. The van der Waals surface area contributed by atoms with Crippen molar-refractivity contribution in [2.45, 2.75) is 19.3 Å². The first kappa shape index (κ1) is 26.5. The molecular formula is C32H36N6O2. The second kappa shape index (κ2) is 12.2. The van der Waals surface area contributed by atoms with Crippen LogP contribution in [0.1, 0.15) is 24.0 Å². The van der Waals surface area contributed by atoms with Gasteiger partial charge < -0.3 is 14.4 Å². The Bertz CT molecular complexity index is 1470. The normalized spacial score (nSPS) is 18.6. The molecule has 0 spiro atoms. The van der Waals surface area contributed by atoms with Gasteiger partial charge in [0.1, 0.15) is 0 Å². The Kier molecular flexibility index (Phi) is 8.05. The molecular weight excluding hydrogens is 500 g/mol. The molecule has 2 aromatic carbocycles. The van der Waals surface area contributed by atoms with Crippen LogP contribution in [0.3, 0.4) is 0 Å². The first-order valence-corrected chi connectivity index (χ1v) is 14.3. The molecule has 0 radical (unpaired) electrons. The number of benzene rings is 2. The van der Waals surface area contributed by atoms with E-state index < -0.39 is 0 Å². The lowest BCUT2D eigenvalue weighted by Crippen LogP contribution is -2.37. The van der Waals surface area contributed by atoms with Crippen LogP contribution < -0.4 is 4.74 Å². The number of morpholine rings is 1. The Hall–Kier alpha value is -3.77. The van der Waals surface area contributed by atoms with E-state index in [1.807, 2.05) is 34.9 Å². The first-order valence-electron chi connectivity index (χ1n) is 14.3. The molecule has 4 heterocycles. The van der Waals surface area contributed by atoms with E-state index in [-0.39, 0.29) is 0 Å². The van der Waals surface area contributed by atoms with Crippen molar-refractivity contribution < 1.29 is 9.47 Å². The van der Waals surface area contributed by atoms with Crippen molar-refractivity contribution in [3.63, 3.8) is 0 Å². The summed E-state index contributed by atoms with van der Waals surface area (Å²) in [5.74, 6) is 0.474. The van der Waals surface area contributed by atoms with E-state index in [9.17, 15) is 5.26 Å². The Morgan fingerprint density at radius 2 is 1.80 bits per heavy atom. The molecule has 6 rings (SSSR count). The van der Waals surface area contributed by atoms with E-state index in [2.05, 4.69) is 47.2 Å². The standard InChI is InChI=1S/C32H36N6O2/c1-36-14-2-3-26(22-36)23-40-32-35-30(28-10-6-25(21-33)7-11-28)29(31-34-13-16-38(31)32)27-8-4-24(5-9-27)12-15-37-17-19-39-20-18-37/h4-11,13,16,26H,2-3,12,14-15,17-20,22-23H2,1H3/t26-/m1/s1. The van der Waals surface area contributed by atoms with Gasteiger partial charge in [-0.15, -0.1) is 0 Å². The largest absolute Gasteiger partial charge is 0.464 e. The van der Waals surface area contributed by atoms with E-state index in [0.29, 0.717) is 24.1 Å². The summed E-state index contributed by atoms with van der Waals surface area (Å²) in [6.07, 6.45) is 7.09. The maximum absolute atomic E-state index is 9.34. The van der Waals surface area contributed by atoms with Gasteiger partial charge in [0.25, 0.3) is 0 Å². The third-order valence-electron chi connectivity index (χ3n) is 8.04. The maximum Gasteiger partial charge on any atom is 0.302 e. The van der Waals surface area contributed by atoms with E-state index in [1.165, 1.54) is 12.0 Å². The molecule has 2 aliphatic rings. The Morgan fingerprint density at radius 1 is 1.02 bits per heavy atom. The Labute approximate surface area is 235 Å². The van der Waals surface area contributed by atoms with Crippen LogP contribution in [0, 0.1) is 17.2 Å². The molecule has 2 aromatic heterocycles. The number of ether oxygens (including phenoxy) is 2. The summed E-state index contributed by atoms with van der Waals surface area (Å²) in [5.41, 5.74) is 6.48. The number of fused-ring (bicyclic) bond motifs is 1. The molecule has 0 amide bonds. The van der Waals surface area contributed by atoms with Gasteiger partial charge in [-0.2, -0.15) is 10.2 Å². The van der Waals surface area contributed by atoms with Crippen molar-refractivity contribution in [1.29, 1.82) is 5.26 Å². The number of imidazole rings is 1. The number of piperidine rings is 1. The zero-order valence-electron chi connectivity index (χ0n) is 23.1. The Morgan fingerprint density at radius 3 is 2.55 bits per heavy atom. The minimum atomic E-state index is 0.474. The van der Waals surface area contributed by atoms with Crippen molar-refractivity contribution in [2.75, 3.05) is 59.6 Å². The van der Waals surface area contributed by atoms with Crippen molar-refractivity contribution in [1.82, 2.24) is 24.2 Å². The van der Waals surface area contributed by atoms with E-state index >= 15 is 0 Å². The second-order valence-electron chi connectivity index (χ2n) is 10.9. The van der Waals surface area contributed by atoms with Crippen LogP contribution in [0.5, 0.6) is 6.01 Å². The highest BCUT2D eigenvalue weighted by Gasteiger charge is 2.22. The average molecular weight is 537 g/mol. The zero-order valence-corrected chi connectivity index (χ0v) is 23.1. The van der Waals surface area contributed by atoms with Gasteiger partial charge in [-0.3, -0.25) is 9.30 Å². The smallest absolute Gasteiger partial charge is 0.302 e. The van der Waals surface area contributed by atoms with Gasteiger partial charge >= 0.3 is 6.01 Å². The van der Waals surface area contributed by atoms with Gasteiger partial charge in [0.15, 0.2) is 5.65 Å². The van der Waals surface area contributed by atoms with Crippen LogP contribution in [0.2, 0.25) is 0 Å². The number of hydrogen-bond acceptors (Lipinski definition) is 7. The molecule has 8 nitrogen and oxygen atoms in total. The SMILES string of the molecule is CN1CCC[C@@H](COc2nc(-c3ccc(C#N)cc3)c(-c3ccc(CCN4CCOCC4)cc3)c3nccn23)C1. The summed E-state index contributed by atoms with van der Waals surface area (Å²) in [5, 5.41) is 9.34. The van der Waals surface area contributed by atoms with E-state index in [0.717, 1.165) is 86.8 Å². The third-order valence-corrected chi connectivity index (χ3v) is 8.04. The summed E-state index contributed by atoms with van der Waals surface area (Å²) in [4.78, 5) is 14.7. The van der Waals surface area contributed by atoms with Crippen LogP contribution >= 0.6 is 0 Å². The summed E-state index contributed by atoms with van der Waals surface area (Å²) < 4.78 is 13.8. The molecule has 0 aliphatic carbocycles. The van der Waals surface area contributed by atoms with Gasteiger partial charge in [-0.05, 0) is 56.1 Å². The van der Waals surface area contributed by atoms with Crippen LogP contribution in [0.4, 0.5) is 0 Å². The average Bonchev–Trinajstić information content (AvgIpc) is 3.50. The van der Waals surface area contributed by atoms with Crippen molar-refractivity contribution in [2.24, 2.45) is 5.92 Å². The van der Waals surface area contributed by atoms with E-state index in [1.54, 1.807) is 6.20 Å². The van der Waals surface area contributed by atoms with Crippen molar-refractivity contribution in [3.05, 3.63) is 72.1 Å². The molecule has 2 saturated heterocycles. The molecule has 4 aromatic rings. The van der Waals surface area contributed by atoms with Gasteiger partial charge in [0.05, 0.1) is 42.7 Å². The highest BCUT2D eigenvalue weighted by Crippen LogP contribution is 2.36. The predicted octanol–water partition coefficient (Wildman–Crippen LogP) is 4.53. The number of likely N-dealkylation sites (tertiary alicyclic amines) is 1. The molecule has 0 saturated carbocycles. The topological polar surface area (TPSA) is 78.9 Å². The van der Waals surface area contributed by atoms with Crippen LogP contribution in [0.25, 0.3) is 28.0 Å². The lowest BCUT2D eigenvalue weighted by Gasteiger charge is -2.29. The van der Waals surface area contributed by atoms with Gasteiger partial charge in [0.2, 0.25) is 0 Å². The lowest BCUT2D eigenvalue weighted by molar-refractivity contribution is 0.0384. The second-order valence-corrected chi connectivity index (χ2v) is 10.9. The minimum Gasteiger partial charge on any atom is -0.464 e. The number of hydrogen-bond donors (Lipinski definition) is 0. The summed E-state index contributed by atoms with van der Waals surface area (Å²) >= 11 is 0. The third kappa shape index (κ3) is 5.87. The van der Waals surface area contributed by atoms with Gasteiger partial charge in [0, 0.05) is 50.1 Å². The summed E-state index contributed by atoms with van der Waals surface area (Å²) in [6, 6.07) is 19.1. The van der Waals surface area contributed by atoms with E-state index in [4.69, 9.17) is 19.4 Å². The lowest BCUT2D eigenvalue weighted by atomic mass is 9.98. The van der Waals surface area contributed by atoms with Crippen LogP contribution in [0.15, 0.2) is 60.9 Å². The fourth-order valence-electron chi connectivity index (χ4n) is 5.78. The molecule has 2 aliphatic heterocycles. The molecule has 2 fully saturated rings. The van der Waals surface area contributed by atoms with Crippen LogP contribution in [-0.2, 0) is 11.2 Å². The highest BCUT2D eigenvalue weighted by atomic mass is 16.5. The summed E-state index contributed by atoms with van der Waals surface area (Å²) in [6.45, 7) is 7.48. The van der Waals surface area contributed by atoms with Crippen LogP contribution in [-0.4, -0.2) is 83.8 Å². The molecule has 0 N–H and O–H groups in total. The predicted molar refractivity (Wildman–Crippen MR) is 155 cm³/mol. The first-order chi connectivity index (χ1) is 19.7. The Balaban J connectivity index is 1.33. The maximum atomic E-state index is 9.34. The number of aromatic nitrogens is 3. The highest BCUT2D eigenvalue weighted by molar-refractivity contribution is 5.90. The number of nitriles is 1. The molecule has 1 atom stereocenters. The van der Waals surface area contributed by atoms with Crippen molar-refractivity contribution >= 4 is 5.65 Å². The van der Waals surface area contributed by atoms with Gasteiger partial charge in [-0.25, -0.2) is 4.98 Å². The molecule has 0 unspecified atom stereocenters. The van der Waals surface area contributed by atoms with Gasteiger partial charge in [-0.1, -0.05) is 36.4 Å². The zero-order chi connectivity index (χ0) is 27.3. The fraction of sp³-hybridized carbons (Fsp3) is 0.406. The number of nitrogens with zero attached hydrogens (tertiary/aromatic N) is 6. The quantitative estimate of drug-likeness (QED) is 0.327. The summed E-state index contributed by atoms with van der Waals surface area (Å²) in [7, 11) is 2.17. The van der Waals surface area contributed by atoms with Crippen molar-refractivity contribution in [3.8, 4) is 34.5 Å². The molecule has 0 bridgehead atoms. The molecule has 206 valence electrons. The minimum absolute atomic E-state index is 0.474. The molecule has 40 heavy (non-hydrogen) atoms. The fourth-order valence-corrected chi connectivity index (χ4v) is 5.78. The molecule has 8 heteroatoms.